The van der Waals surface area contributed by atoms with Crippen LogP contribution in [0.2, 0.25) is 0 Å². The van der Waals surface area contributed by atoms with Crippen molar-refractivity contribution in [3.8, 4) is 0 Å². The number of carboxylic acids is 1. The van der Waals surface area contributed by atoms with E-state index in [2.05, 4.69) is 5.10 Å². The first-order valence-electron chi connectivity index (χ1n) is 8.64. The molecule has 146 valence electrons. The third kappa shape index (κ3) is 3.73. The van der Waals surface area contributed by atoms with Crippen LogP contribution in [0.4, 0.5) is 4.79 Å². The quantitative estimate of drug-likeness (QED) is 0.808. The second kappa shape index (κ2) is 7.91. The Labute approximate surface area is 158 Å². The molecule has 0 saturated heterocycles. The Hall–Kier alpha value is -2.68. The summed E-state index contributed by atoms with van der Waals surface area (Å²) < 4.78 is 27.3. The summed E-state index contributed by atoms with van der Waals surface area (Å²) in [5.74, 6) is -1.46. The summed E-state index contributed by atoms with van der Waals surface area (Å²) in [5.41, 5.74) is 0.534. The van der Waals surface area contributed by atoms with E-state index in [4.69, 9.17) is 0 Å². The first-order chi connectivity index (χ1) is 12.7. The number of amides is 1. The van der Waals surface area contributed by atoms with Crippen molar-refractivity contribution >= 4 is 21.8 Å². The van der Waals surface area contributed by atoms with Gasteiger partial charge in [0.05, 0.1) is 11.1 Å². The van der Waals surface area contributed by atoms with Gasteiger partial charge >= 0.3 is 12.0 Å². The maximum Gasteiger partial charge on any atom is 0.344 e. The number of benzene rings is 1. The van der Waals surface area contributed by atoms with Crippen LogP contribution in [0, 0.1) is 6.92 Å². The van der Waals surface area contributed by atoms with Gasteiger partial charge in [-0.05, 0) is 38.3 Å². The van der Waals surface area contributed by atoms with Crippen LogP contribution in [0.15, 0.2) is 34.3 Å². The van der Waals surface area contributed by atoms with Gasteiger partial charge in [0.25, 0.3) is 0 Å². The van der Waals surface area contributed by atoms with E-state index in [1.54, 1.807) is 39.0 Å². The Morgan fingerprint density at radius 2 is 1.81 bits per heavy atom. The lowest BCUT2D eigenvalue weighted by Gasteiger charge is -2.17. The molecule has 2 rings (SSSR count). The van der Waals surface area contributed by atoms with Crippen molar-refractivity contribution in [3.63, 3.8) is 0 Å². The van der Waals surface area contributed by atoms with E-state index in [9.17, 15) is 23.1 Å². The molecule has 2 aromatic rings. The molecule has 0 radical (unpaired) electrons. The molecule has 1 aromatic carbocycles. The fourth-order valence-corrected chi connectivity index (χ4v) is 4.78. The van der Waals surface area contributed by atoms with Crippen molar-refractivity contribution in [2.75, 3.05) is 13.1 Å². The molecule has 0 fully saturated rings. The number of sulfone groups is 1. The fraction of sp³-hybridized carbons (Fsp3) is 0.389. The molecular formula is C18H23N3O5S. The molecule has 1 N–H and O–H groups in total. The lowest BCUT2D eigenvalue weighted by Crippen LogP contribution is -2.34. The van der Waals surface area contributed by atoms with Gasteiger partial charge in [-0.3, -0.25) is 0 Å². The second-order valence-corrected chi connectivity index (χ2v) is 7.77. The number of hydrogen-bond acceptors (Lipinski definition) is 5. The van der Waals surface area contributed by atoms with Crippen LogP contribution in [0.5, 0.6) is 0 Å². The number of aryl methyl sites for hydroxylation is 2. The number of aromatic nitrogens is 2. The molecule has 0 bridgehead atoms. The van der Waals surface area contributed by atoms with Crippen molar-refractivity contribution in [3.05, 3.63) is 41.1 Å². The van der Waals surface area contributed by atoms with Gasteiger partial charge in [-0.2, -0.15) is 9.78 Å². The number of carbonyl (C=O) groups is 2. The first kappa shape index (κ1) is 20.6. The fourth-order valence-electron chi connectivity index (χ4n) is 2.91. The van der Waals surface area contributed by atoms with E-state index in [0.29, 0.717) is 30.6 Å². The summed E-state index contributed by atoms with van der Waals surface area (Å²) >= 11 is 0. The second-order valence-electron chi connectivity index (χ2n) is 5.97. The summed E-state index contributed by atoms with van der Waals surface area (Å²) in [6.07, 6.45) is 1.41. The SMILES string of the molecule is CCc1cccc(C)c1S(=O)(=O)c1nn(C(=O)N(CC)CC)cc1C(=O)O. The smallest absolute Gasteiger partial charge is 0.344 e. The van der Waals surface area contributed by atoms with E-state index >= 15 is 0 Å². The van der Waals surface area contributed by atoms with Crippen LogP contribution < -0.4 is 0 Å². The minimum atomic E-state index is -4.22. The third-order valence-corrected chi connectivity index (χ3v) is 6.27. The Morgan fingerprint density at radius 3 is 2.33 bits per heavy atom. The molecule has 0 aliphatic carbocycles. The largest absolute Gasteiger partial charge is 0.478 e. The minimum absolute atomic E-state index is 0.0375. The van der Waals surface area contributed by atoms with Gasteiger partial charge in [-0.15, -0.1) is 0 Å². The average Bonchev–Trinajstić information content (AvgIpc) is 3.08. The highest BCUT2D eigenvalue weighted by molar-refractivity contribution is 7.91. The highest BCUT2D eigenvalue weighted by atomic mass is 32.2. The van der Waals surface area contributed by atoms with Gasteiger partial charge in [0, 0.05) is 13.1 Å². The zero-order valence-corrected chi connectivity index (χ0v) is 16.6. The number of carbonyl (C=O) groups excluding carboxylic acids is 1. The Balaban J connectivity index is 2.71. The summed E-state index contributed by atoms with van der Waals surface area (Å²) in [7, 11) is -4.22. The number of nitrogens with zero attached hydrogens (tertiary/aromatic N) is 3. The Kier molecular flexibility index (Phi) is 6.04. The predicted octanol–water partition coefficient (Wildman–Crippen LogP) is 2.59. The van der Waals surface area contributed by atoms with Crippen molar-refractivity contribution in [2.45, 2.75) is 44.0 Å². The Bertz CT molecular complexity index is 975. The molecule has 0 spiro atoms. The van der Waals surface area contributed by atoms with Gasteiger partial charge in [0.15, 0.2) is 5.03 Å². The summed E-state index contributed by atoms with van der Waals surface area (Å²) in [6, 6.07) is 4.49. The molecule has 0 unspecified atom stereocenters. The molecule has 0 atom stereocenters. The van der Waals surface area contributed by atoms with Crippen LogP contribution in [-0.4, -0.2) is 53.3 Å². The van der Waals surface area contributed by atoms with Crippen molar-refractivity contribution < 1.29 is 23.1 Å². The van der Waals surface area contributed by atoms with Crippen LogP contribution in [-0.2, 0) is 16.3 Å². The standard InChI is InChI=1S/C18H23N3O5S/c1-5-13-10-8-9-12(4)15(13)27(25,26)16-14(17(22)23)11-21(19-16)18(24)20(6-2)7-3/h8-11H,5-7H2,1-4H3,(H,22,23). The van der Waals surface area contributed by atoms with Crippen LogP contribution in [0.25, 0.3) is 0 Å². The van der Waals surface area contributed by atoms with E-state index in [0.717, 1.165) is 10.9 Å². The van der Waals surface area contributed by atoms with Gasteiger partial charge < -0.3 is 10.0 Å². The molecule has 1 heterocycles. The number of rotatable bonds is 6. The molecular weight excluding hydrogens is 370 g/mol. The Morgan fingerprint density at radius 1 is 1.19 bits per heavy atom. The van der Waals surface area contributed by atoms with E-state index in [-0.39, 0.29) is 4.90 Å². The minimum Gasteiger partial charge on any atom is -0.478 e. The summed E-state index contributed by atoms with van der Waals surface area (Å²) in [6.45, 7) is 7.76. The molecule has 0 saturated carbocycles. The molecule has 1 aromatic heterocycles. The predicted molar refractivity (Wildman–Crippen MR) is 98.9 cm³/mol. The molecule has 9 heteroatoms. The van der Waals surface area contributed by atoms with Crippen LogP contribution in [0.3, 0.4) is 0 Å². The normalized spacial score (nSPS) is 11.4. The van der Waals surface area contributed by atoms with Gasteiger partial charge in [-0.1, -0.05) is 25.1 Å². The molecule has 8 nitrogen and oxygen atoms in total. The van der Waals surface area contributed by atoms with Crippen molar-refractivity contribution in [1.29, 1.82) is 0 Å². The summed E-state index contributed by atoms with van der Waals surface area (Å²) in [4.78, 5) is 25.6. The summed E-state index contributed by atoms with van der Waals surface area (Å²) in [5, 5.41) is 12.7. The maximum atomic E-state index is 13.2. The maximum absolute atomic E-state index is 13.2. The molecule has 1 amide bonds. The van der Waals surface area contributed by atoms with Gasteiger partial charge in [0.1, 0.15) is 5.56 Å². The van der Waals surface area contributed by atoms with Gasteiger partial charge in [0.2, 0.25) is 9.84 Å². The number of hydrogen-bond donors (Lipinski definition) is 1. The number of aromatic carboxylic acids is 1. The molecule has 27 heavy (non-hydrogen) atoms. The highest BCUT2D eigenvalue weighted by Crippen LogP contribution is 2.29. The highest BCUT2D eigenvalue weighted by Gasteiger charge is 2.33. The molecule has 0 aliphatic heterocycles. The third-order valence-electron chi connectivity index (χ3n) is 4.34. The van der Waals surface area contributed by atoms with E-state index < -0.39 is 32.4 Å². The lowest BCUT2D eigenvalue weighted by molar-refractivity contribution is 0.0692. The van der Waals surface area contributed by atoms with E-state index in [1.165, 1.54) is 4.90 Å². The van der Waals surface area contributed by atoms with Gasteiger partial charge in [-0.25, -0.2) is 18.0 Å². The van der Waals surface area contributed by atoms with Crippen LogP contribution in [0.1, 0.15) is 42.3 Å². The first-order valence-corrected chi connectivity index (χ1v) is 10.1. The lowest BCUT2D eigenvalue weighted by atomic mass is 10.1. The number of carboxylic acid groups (broad SMARTS) is 1. The average molecular weight is 393 g/mol. The zero-order chi connectivity index (χ0) is 20.4. The topological polar surface area (TPSA) is 110 Å². The van der Waals surface area contributed by atoms with Crippen molar-refractivity contribution in [2.24, 2.45) is 0 Å². The van der Waals surface area contributed by atoms with E-state index in [1.807, 2.05) is 6.92 Å². The zero-order valence-electron chi connectivity index (χ0n) is 15.8. The van der Waals surface area contributed by atoms with Crippen LogP contribution >= 0.6 is 0 Å². The molecule has 0 aliphatic rings. The monoisotopic (exact) mass is 393 g/mol. The van der Waals surface area contributed by atoms with Crippen molar-refractivity contribution in [1.82, 2.24) is 14.7 Å².